The quantitative estimate of drug-likeness (QED) is 0.614. The van der Waals surface area contributed by atoms with Gasteiger partial charge in [0.2, 0.25) is 0 Å². The van der Waals surface area contributed by atoms with Crippen LogP contribution >= 0.6 is 0 Å². The van der Waals surface area contributed by atoms with E-state index in [-0.39, 0.29) is 55.3 Å². The molecule has 0 spiro atoms. The van der Waals surface area contributed by atoms with Crippen LogP contribution in [0.5, 0.6) is 0 Å². The monoisotopic (exact) mass is 348 g/mol. The van der Waals surface area contributed by atoms with Gasteiger partial charge in [0.25, 0.3) is 0 Å². The Labute approximate surface area is 134 Å². The first-order valence-corrected chi connectivity index (χ1v) is 4.47. The number of aliphatic carboxylic acids is 2. The van der Waals surface area contributed by atoms with Gasteiger partial charge < -0.3 is 10.2 Å². The first-order chi connectivity index (χ1) is 6.97. The molecule has 1 aromatic rings. The minimum absolute atomic E-state index is 0. The molecule has 0 heterocycles. The van der Waals surface area contributed by atoms with Crippen LogP contribution in [0.3, 0.4) is 0 Å². The predicted molar refractivity (Wildman–Crippen MR) is 62.1 cm³/mol. The van der Waals surface area contributed by atoms with Crippen LogP contribution in [0, 0.1) is 5.41 Å². The summed E-state index contributed by atoms with van der Waals surface area (Å²) in [6.07, 6.45) is -0.0154. The SMILES string of the molecule is CC(Cc1ccccc1)(C(=O)O)C(=O)O.[BaH2]. The zero-order valence-electron chi connectivity index (χ0n) is 8.30. The minimum atomic E-state index is -1.76. The molecule has 0 aromatic heterocycles. The fourth-order valence-corrected chi connectivity index (χ4v) is 1.25. The van der Waals surface area contributed by atoms with Gasteiger partial charge in [0.1, 0.15) is 0 Å². The summed E-state index contributed by atoms with van der Waals surface area (Å²) in [4.78, 5) is 21.8. The molecule has 5 heteroatoms. The second-order valence-electron chi connectivity index (χ2n) is 3.60. The second-order valence-corrected chi connectivity index (χ2v) is 3.60. The van der Waals surface area contributed by atoms with E-state index in [0.29, 0.717) is 5.56 Å². The summed E-state index contributed by atoms with van der Waals surface area (Å²) >= 11 is 0. The van der Waals surface area contributed by atoms with E-state index < -0.39 is 17.4 Å². The van der Waals surface area contributed by atoms with Crippen molar-refractivity contribution in [3.8, 4) is 0 Å². The summed E-state index contributed by atoms with van der Waals surface area (Å²) in [7, 11) is 0. The average molecular weight is 348 g/mol. The van der Waals surface area contributed by atoms with Crippen molar-refractivity contribution in [2.24, 2.45) is 5.41 Å². The molecule has 0 radical (unpaired) electrons. The van der Waals surface area contributed by atoms with Gasteiger partial charge in [-0.15, -0.1) is 0 Å². The average Bonchev–Trinajstić information content (AvgIpc) is 2.18. The van der Waals surface area contributed by atoms with Crippen LogP contribution in [0.2, 0.25) is 0 Å². The van der Waals surface area contributed by atoms with Crippen molar-refractivity contribution in [1.82, 2.24) is 0 Å². The van der Waals surface area contributed by atoms with Crippen molar-refractivity contribution in [1.29, 1.82) is 0 Å². The standard InChI is InChI=1S/C11H12O4.Ba.2H/c1-11(9(12)13,10(14)15)7-8-5-3-2-4-6-8;;;/h2-6H,7H2,1H3,(H,12,13)(H,14,15);;;. The zero-order chi connectivity index (χ0) is 11.5. The van der Waals surface area contributed by atoms with Crippen LogP contribution in [0.15, 0.2) is 30.3 Å². The van der Waals surface area contributed by atoms with E-state index in [2.05, 4.69) is 0 Å². The fourth-order valence-electron chi connectivity index (χ4n) is 1.25. The number of hydrogen-bond acceptors (Lipinski definition) is 2. The van der Waals surface area contributed by atoms with Gasteiger partial charge in [-0.25, -0.2) is 0 Å². The summed E-state index contributed by atoms with van der Waals surface area (Å²) < 4.78 is 0. The molecule has 0 bridgehead atoms. The molecule has 1 rings (SSSR count). The van der Waals surface area contributed by atoms with E-state index in [9.17, 15) is 9.59 Å². The Morgan fingerprint density at radius 2 is 1.56 bits per heavy atom. The Balaban J connectivity index is 0.00000225. The van der Waals surface area contributed by atoms with E-state index in [0.717, 1.165) is 0 Å². The third-order valence-corrected chi connectivity index (χ3v) is 2.34. The Morgan fingerprint density at radius 3 is 1.94 bits per heavy atom. The van der Waals surface area contributed by atoms with Crippen LogP contribution in [-0.2, 0) is 16.0 Å². The van der Waals surface area contributed by atoms with Gasteiger partial charge in [-0.05, 0) is 18.9 Å². The van der Waals surface area contributed by atoms with Crippen molar-refractivity contribution in [2.45, 2.75) is 13.3 Å². The van der Waals surface area contributed by atoms with Crippen molar-refractivity contribution < 1.29 is 19.8 Å². The number of rotatable bonds is 4. The van der Waals surface area contributed by atoms with Crippen molar-refractivity contribution in [3.05, 3.63) is 35.9 Å². The maximum atomic E-state index is 10.9. The van der Waals surface area contributed by atoms with Crippen molar-refractivity contribution in [2.75, 3.05) is 0 Å². The molecule has 0 unspecified atom stereocenters. The van der Waals surface area contributed by atoms with Crippen molar-refractivity contribution >= 4 is 60.8 Å². The van der Waals surface area contributed by atoms with E-state index in [1.54, 1.807) is 30.3 Å². The Bertz CT molecular complexity index is 361. The molecule has 84 valence electrons. The van der Waals surface area contributed by atoms with Crippen LogP contribution < -0.4 is 0 Å². The Morgan fingerprint density at radius 1 is 1.12 bits per heavy atom. The molecule has 0 aliphatic heterocycles. The van der Waals surface area contributed by atoms with Crippen LogP contribution in [0.25, 0.3) is 0 Å². The molecule has 1 aromatic carbocycles. The summed E-state index contributed by atoms with van der Waals surface area (Å²) in [5.74, 6) is -2.64. The molecule has 4 nitrogen and oxygen atoms in total. The maximum absolute atomic E-state index is 10.9. The topological polar surface area (TPSA) is 74.6 Å². The third kappa shape index (κ3) is 3.64. The van der Waals surface area contributed by atoms with Gasteiger partial charge in [-0.2, -0.15) is 0 Å². The van der Waals surface area contributed by atoms with Gasteiger partial charge in [-0.1, -0.05) is 30.3 Å². The predicted octanol–water partition coefficient (Wildman–Crippen LogP) is 0.488. The van der Waals surface area contributed by atoms with Crippen LogP contribution in [0.4, 0.5) is 0 Å². The molecule has 0 saturated carbocycles. The molecule has 0 atom stereocenters. The van der Waals surface area contributed by atoms with Gasteiger partial charge in [0.15, 0.2) is 5.41 Å². The van der Waals surface area contributed by atoms with Gasteiger partial charge in [-0.3, -0.25) is 9.59 Å². The van der Waals surface area contributed by atoms with E-state index in [1.807, 2.05) is 0 Å². The number of carbonyl (C=O) groups is 2. The van der Waals surface area contributed by atoms with Crippen molar-refractivity contribution in [3.63, 3.8) is 0 Å². The molecular formula is C11H14BaO4. The number of carboxylic acid groups (broad SMARTS) is 2. The van der Waals surface area contributed by atoms with Crippen LogP contribution in [0.1, 0.15) is 12.5 Å². The van der Waals surface area contributed by atoms with Gasteiger partial charge in [0, 0.05) is 0 Å². The molecule has 0 saturated heterocycles. The summed E-state index contributed by atoms with van der Waals surface area (Å²) in [5, 5.41) is 17.8. The third-order valence-electron chi connectivity index (χ3n) is 2.34. The van der Waals surface area contributed by atoms with E-state index >= 15 is 0 Å². The molecule has 2 N–H and O–H groups in total. The summed E-state index contributed by atoms with van der Waals surface area (Å²) in [5.41, 5.74) is -1.06. The number of carboxylic acids is 2. The first kappa shape index (κ1) is 15.7. The first-order valence-electron chi connectivity index (χ1n) is 4.47. The Hall–Kier alpha value is -0.269. The zero-order valence-corrected chi connectivity index (χ0v) is 8.30. The van der Waals surface area contributed by atoms with Crippen LogP contribution in [-0.4, -0.2) is 71.0 Å². The molecule has 0 fully saturated rings. The molecule has 0 aliphatic carbocycles. The number of benzene rings is 1. The fraction of sp³-hybridized carbons (Fsp3) is 0.273. The summed E-state index contributed by atoms with van der Waals surface area (Å²) in [6, 6.07) is 8.72. The Kier molecular flexibility index (Phi) is 6.35. The summed E-state index contributed by atoms with van der Waals surface area (Å²) in [6.45, 7) is 1.21. The molecule has 0 amide bonds. The normalized spacial score (nSPS) is 10.3. The van der Waals surface area contributed by atoms with Gasteiger partial charge in [0.05, 0.1) is 0 Å². The number of hydrogen-bond donors (Lipinski definition) is 2. The second kappa shape index (κ2) is 6.46. The molecule has 0 aliphatic rings. The van der Waals surface area contributed by atoms with E-state index in [1.165, 1.54) is 6.92 Å². The van der Waals surface area contributed by atoms with E-state index in [4.69, 9.17) is 10.2 Å². The molecular weight excluding hydrogens is 333 g/mol. The molecule has 16 heavy (non-hydrogen) atoms. The van der Waals surface area contributed by atoms with Gasteiger partial charge >= 0.3 is 60.8 Å².